The minimum absolute atomic E-state index is 0.114. The fraction of sp³-hybridized carbons (Fsp3) is 0.158. The molecule has 1 aliphatic carbocycles. The number of anilines is 2. The highest BCUT2D eigenvalue weighted by molar-refractivity contribution is 5.63. The molecule has 1 aliphatic rings. The van der Waals surface area contributed by atoms with Crippen LogP contribution in [0.15, 0.2) is 47.8 Å². The highest BCUT2D eigenvalue weighted by Crippen LogP contribution is 2.23. The number of rotatable bonds is 4. The third-order valence-corrected chi connectivity index (χ3v) is 4.40. The molecule has 0 spiro atoms. The summed E-state index contributed by atoms with van der Waals surface area (Å²) in [5.74, 6) is 0.386. The number of pyridine rings is 1. The molecule has 9 heteroatoms. The second kappa shape index (κ2) is 6.38. The predicted octanol–water partition coefficient (Wildman–Crippen LogP) is 1.22. The third-order valence-electron chi connectivity index (χ3n) is 4.40. The average Bonchev–Trinajstić information content (AvgIpc) is 3.32. The van der Waals surface area contributed by atoms with Crippen LogP contribution in [0, 0.1) is 0 Å². The zero-order valence-electron chi connectivity index (χ0n) is 14.7. The number of aromatic amines is 1. The van der Waals surface area contributed by atoms with E-state index in [0.29, 0.717) is 33.8 Å². The van der Waals surface area contributed by atoms with Gasteiger partial charge in [0.25, 0.3) is 0 Å². The van der Waals surface area contributed by atoms with E-state index in [1.807, 2.05) is 18.2 Å². The Morgan fingerprint density at radius 3 is 2.86 bits per heavy atom. The van der Waals surface area contributed by atoms with Gasteiger partial charge >= 0.3 is 0 Å². The van der Waals surface area contributed by atoms with Gasteiger partial charge in [0.15, 0.2) is 22.9 Å². The van der Waals surface area contributed by atoms with Crippen LogP contribution in [0.3, 0.4) is 0 Å². The lowest BCUT2D eigenvalue weighted by atomic mass is 10.2. The van der Waals surface area contributed by atoms with E-state index in [0.717, 1.165) is 18.5 Å². The Labute approximate surface area is 158 Å². The van der Waals surface area contributed by atoms with E-state index in [9.17, 15) is 10.2 Å². The molecule has 0 unspecified atom stereocenters. The molecule has 0 radical (unpaired) electrons. The highest BCUT2D eigenvalue weighted by atomic mass is 16.3. The van der Waals surface area contributed by atoms with Crippen LogP contribution >= 0.6 is 0 Å². The molecule has 28 heavy (non-hydrogen) atoms. The molecule has 4 aromatic heterocycles. The van der Waals surface area contributed by atoms with Gasteiger partial charge in [0, 0.05) is 29.1 Å². The minimum Gasteiger partial charge on any atom is -0.494 e. The molecular weight excluding hydrogens is 358 g/mol. The Morgan fingerprint density at radius 2 is 2.14 bits per heavy atom. The van der Waals surface area contributed by atoms with E-state index in [1.54, 1.807) is 29.2 Å². The van der Waals surface area contributed by atoms with Crippen molar-refractivity contribution in [2.75, 3.05) is 5.32 Å². The Balaban J connectivity index is 1.68. The maximum absolute atomic E-state index is 9.90. The van der Waals surface area contributed by atoms with Crippen LogP contribution < -0.4 is 16.0 Å². The van der Waals surface area contributed by atoms with Crippen LogP contribution in [0.5, 0.6) is 11.8 Å². The largest absolute Gasteiger partial charge is 0.494 e. The first-order chi connectivity index (χ1) is 13.7. The minimum atomic E-state index is -0.121. The average molecular weight is 375 g/mol. The smallest absolute Gasteiger partial charge is 0.198 e. The van der Waals surface area contributed by atoms with Crippen molar-refractivity contribution in [2.24, 2.45) is 4.99 Å². The SMILES string of the molecule is Oc1cc(C=c2cnn3c(=NC4CC4)cc(Nc4cccnc4)nc23)c(O)[nH]1. The van der Waals surface area contributed by atoms with Crippen LogP contribution in [0.25, 0.3) is 11.7 Å². The number of H-pyrrole nitrogens is 1. The molecule has 0 amide bonds. The second-order valence-corrected chi connectivity index (χ2v) is 6.66. The van der Waals surface area contributed by atoms with Crippen LogP contribution in [0.2, 0.25) is 0 Å². The number of hydrogen-bond acceptors (Lipinski definition) is 7. The van der Waals surface area contributed by atoms with Crippen molar-refractivity contribution < 1.29 is 10.2 Å². The topological polar surface area (TPSA) is 124 Å². The lowest BCUT2D eigenvalue weighted by Gasteiger charge is -2.05. The van der Waals surface area contributed by atoms with Gasteiger partial charge in [0.2, 0.25) is 0 Å². The summed E-state index contributed by atoms with van der Waals surface area (Å²) in [6, 6.07) is 7.36. The zero-order valence-corrected chi connectivity index (χ0v) is 14.7. The summed E-state index contributed by atoms with van der Waals surface area (Å²) < 4.78 is 1.68. The number of hydrogen-bond donors (Lipinski definition) is 4. The van der Waals surface area contributed by atoms with Crippen molar-refractivity contribution in [3.05, 3.63) is 59.1 Å². The Hall–Kier alpha value is -3.88. The molecule has 1 saturated carbocycles. The third kappa shape index (κ3) is 3.13. The van der Waals surface area contributed by atoms with Gasteiger partial charge in [-0.25, -0.2) is 4.98 Å². The molecule has 140 valence electrons. The van der Waals surface area contributed by atoms with Crippen LogP contribution in [0.1, 0.15) is 18.4 Å². The standard InChI is InChI=1S/C19H17N7O2/c27-17-7-11(19(28)25-17)6-12-9-21-26-16(23-13-3-4-13)8-15(24-18(12)26)22-14-2-1-5-20-10-14/h1-2,5-10,13,22,25,27-28H,3-4H2. The molecule has 9 nitrogen and oxygen atoms in total. The normalized spacial score (nSPS) is 15.4. The molecule has 0 saturated heterocycles. The van der Waals surface area contributed by atoms with Crippen molar-refractivity contribution in [3.63, 3.8) is 0 Å². The van der Waals surface area contributed by atoms with Crippen molar-refractivity contribution in [3.8, 4) is 11.8 Å². The van der Waals surface area contributed by atoms with E-state index in [-0.39, 0.29) is 11.8 Å². The number of nitrogens with zero attached hydrogens (tertiary/aromatic N) is 5. The summed E-state index contributed by atoms with van der Waals surface area (Å²) in [5, 5.41) is 27.8. The summed E-state index contributed by atoms with van der Waals surface area (Å²) in [6.07, 6.45) is 8.94. The van der Waals surface area contributed by atoms with Crippen LogP contribution in [0.4, 0.5) is 11.5 Å². The van der Waals surface area contributed by atoms with Gasteiger partial charge in [-0.2, -0.15) is 9.61 Å². The van der Waals surface area contributed by atoms with Crippen molar-refractivity contribution in [1.82, 2.24) is 24.6 Å². The molecule has 1 fully saturated rings. The molecular formula is C19H17N7O2. The van der Waals surface area contributed by atoms with Gasteiger partial charge in [-0.3, -0.25) is 15.0 Å². The number of aromatic hydroxyl groups is 2. The number of aromatic nitrogens is 5. The summed E-state index contributed by atoms with van der Waals surface area (Å²) >= 11 is 0. The van der Waals surface area contributed by atoms with E-state index in [1.165, 1.54) is 6.07 Å². The summed E-state index contributed by atoms with van der Waals surface area (Å²) in [5.41, 5.74) is 2.56. The number of nitrogens with one attached hydrogen (secondary N) is 2. The maximum atomic E-state index is 9.90. The monoisotopic (exact) mass is 375 g/mol. The van der Waals surface area contributed by atoms with Gasteiger partial charge in [0.1, 0.15) is 5.82 Å². The number of fused-ring (bicyclic) bond motifs is 1. The lowest BCUT2D eigenvalue weighted by molar-refractivity contribution is 0.425. The van der Waals surface area contributed by atoms with Crippen LogP contribution in [-0.2, 0) is 0 Å². The molecule has 0 aliphatic heterocycles. The van der Waals surface area contributed by atoms with Crippen molar-refractivity contribution in [2.45, 2.75) is 18.9 Å². The van der Waals surface area contributed by atoms with Gasteiger partial charge in [-0.05, 0) is 31.1 Å². The first-order valence-electron chi connectivity index (χ1n) is 8.88. The van der Waals surface area contributed by atoms with E-state index < -0.39 is 0 Å². The maximum Gasteiger partial charge on any atom is 0.198 e. The quantitative estimate of drug-likeness (QED) is 0.425. The Bertz CT molecular complexity index is 1270. The lowest BCUT2D eigenvalue weighted by Crippen LogP contribution is -2.19. The fourth-order valence-corrected chi connectivity index (χ4v) is 2.92. The fourth-order valence-electron chi connectivity index (χ4n) is 2.92. The molecule has 5 rings (SSSR count). The van der Waals surface area contributed by atoms with Crippen molar-refractivity contribution >= 4 is 23.2 Å². The Kier molecular flexibility index (Phi) is 3.71. The van der Waals surface area contributed by atoms with Gasteiger partial charge in [0.05, 0.1) is 24.1 Å². The second-order valence-electron chi connectivity index (χ2n) is 6.66. The summed E-state index contributed by atoms with van der Waals surface area (Å²) in [7, 11) is 0. The molecule has 4 heterocycles. The molecule has 4 aromatic rings. The van der Waals surface area contributed by atoms with Crippen molar-refractivity contribution in [1.29, 1.82) is 0 Å². The zero-order chi connectivity index (χ0) is 19.1. The van der Waals surface area contributed by atoms with Crippen LogP contribution in [-0.4, -0.2) is 40.8 Å². The summed E-state index contributed by atoms with van der Waals surface area (Å²) in [4.78, 5) is 16.0. The first kappa shape index (κ1) is 16.3. The highest BCUT2D eigenvalue weighted by Gasteiger charge is 2.20. The van der Waals surface area contributed by atoms with E-state index >= 15 is 0 Å². The molecule has 0 bridgehead atoms. The Morgan fingerprint density at radius 1 is 1.25 bits per heavy atom. The molecule has 0 aromatic carbocycles. The van der Waals surface area contributed by atoms with E-state index in [2.05, 4.69) is 25.4 Å². The summed E-state index contributed by atoms with van der Waals surface area (Å²) in [6.45, 7) is 0. The van der Waals surface area contributed by atoms with Gasteiger partial charge < -0.3 is 15.5 Å². The molecule has 4 N–H and O–H groups in total. The first-order valence-corrected chi connectivity index (χ1v) is 8.88. The molecule has 0 atom stereocenters. The van der Waals surface area contributed by atoms with Gasteiger partial charge in [-0.15, -0.1) is 0 Å². The van der Waals surface area contributed by atoms with E-state index in [4.69, 9.17) is 4.99 Å². The predicted molar refractivity (Wildman–Crippen MR) is 102 cm³/mol. The van der Waals surface area contributed by atoms with Gasteiger partial charge in [-0.1, -0.05) is 0 Å².